The molecule has 6 heteroatoms. The summed E-state index contributed by atoms with van der Waals surface area (Å²) in [5, 5.41) is 3.18. The van der Waals surface area contributed by atoms with Gasteiger partial charge in [0.15, 0.2) is 0 Å². The van der Waals surface area contributed by atoms with Crippen molar-refractivity contribution in [3.8, 4) is 0 Å². The molecule has 1 aromatic carbocycles. The van der Waals surface area contributed by atoms with Gasteiger partial charge in [0, 0.05) is 37.9 Å². The SMILES string of the molecule is Cc1cccc(N2CCN(C(=O)c3cnc(NC(C)C)cn3)CC2)c1C. The highest BCUT2D eigenvalue weighted by molar-refractivity contribution is 5.92. The lowest BCUT2D eigenvalue weighted by Gasteiger charge is -2.36. The number of nitrogens with one attached hydrogen (secondary N) is 1. The van der Waals surface area contributed by atoms with Crippen LogP contribution in [0.15, 0.2) is 30.6 Å². The summed E-state index contributed by atoms with van der Waals surface area (Å²) in [6.45, 7) is 11.4. The van der Waals surface area contributed by atoms with Crippen LogP contribution in [0.5, 0.6) is 0 Å². The van der Waals surface area contributed by atoms with E-state index in [1.807, 2.05) is 18.7 Å². The van der Waals surface area contributed by atoms with Crippen LogP contribution in [-0.2, 0) is 0 Å². The number of aromatic nitrogens is 2. The van der Waals surface area contributed by atoms with Crippen molar-refractivity contribution in [1.82, 2.24) is 14.9 Å². The van der Waals surface area contributed by atoms with Crippen molar-refractivity contribution >= 4 is 17.4 Å². The molecule has 3 rings (SSSR count). The number of carbonyl (C=O) groups is 1. The summed E-state index contributed by atoms with van der Waals surface area (Å²) in [4.78, 5) is 25.5. The van der Waals surface area contributed by atoms with Crippen LogP contribution >= 0.6 is 0 Å². The second-order valence-corrected chi connectivity index (χ2v) is 7.08. The minimum atomic E-state index is -0.0470. The average Bonchev–Trinajstić information content (AvgIpc) is 2.64. The van der Waals surface area contributed by atoms with E-state index in [4.69, 9.17) is 0 Å². The van der Waals surface area contributed by atoms with Gasteiger partial charge in [0.1, 0.15) is 11.5 Å². The fourth-order valence-electron chi connectivity index (χ4n) is 3.20. The molecule has 1 aromatic heterocycles. The molecule has 2 heterocycles. The van der Waals surface area contributed by atoms with Crippen LogP contribution in [0.3, 0.4) is 0 Å². The molecule has 0 aliphatic carbocycles. The maximum atomic E-state index is 12.7. The van der Waals surface area contributed by atoms with E-state index in [0.717, 1.165) is 13.1 Å². The summed E-state index contributed by atoms with van der Waals surface area (Å²) in [6, 6.07) is 6.67. The lowest BCUT2D eigenvalue weighted by molar-refractivity contribution is 0.0740. The highest BCUT2D eigenvalue weighted by atomic mass is 16.2. The zero-order valence-electron chi connectivity index (χ0n) is 16.0. The maximum Gasteiger partial charge on any atom is 0.274 e. The summed E-state index contributed by atoms with van der Waals surface area (Å²) in [6.07, 6.45) is 3.18. The number of aryl methyl sites for hydroxylation is 1. The molecule has 1 amide bonds. The van der Waals surface area contributed by atoms with E-state index >= 15 is 0 Å². The van der Waals surface area contributed by atoms with Crippen LogP contribution in [-0.4, -0.2) is 53.0 Å². The fourth-order valence-corrected chi connectivity index (χ4v) is 3.20. The molecular weight excluding hydrogens is 326 g/mol. The number of hydrogen-bond acceptors (Lipinski definition) is 5. The molecule has 0 radical (unpaired) electrons. The van der Waals surface area contributed by atoms with Gasteiger partial charge in [-0.25, -0.2) is 9.97 Å². The lowest BCUT2D eigenvalue weighted by atomic mass is 10.1. The van der Waals surface area contributed by atoms with Crippen molar-refractivity contribution in [2.45, 2.75) is 33.7 Å². The molecule has 0 spiro atoms. The monoisotopic (exact) mass is 353 g/mol. The van der Waals surface area contributed by atoms with Crippen molar-refractivity contribution in [1.29, 1.82) is 0 Å². The first kappa shape index (κ1) is 18.2. The van der Waals surface area contributed by atoms with Gasteiger partial charge in [-0.3, -0.25) is 4.79 Å². The Morgan fingerprint density at radius 3 is 2.42 bits per heavy atom. The van der Waals surface area contributed by atoms with Gasteiger partial charge in [-0.2, -0.15) is 0 Å². The van der Waals surface area contributed by atoms with E-state index < -0.39 is 0 Å². The number of amides is 1. The van der Waals surface area contributed by atoms with Gasteiger partial charge >= 0.3 is 0 Å². The first-order valence-corrected chi connectivity index (χ1v) is 9.14. The zero-order valence-corrected chi connectivity index (χ0v) is 16.0. The van der Waals surface area contributed by atoms with E-state index in [1.54, 1.807) is 12.4 Å². The van der Waals surface area contributed by atoms with E-state index in [0.29, 0.717) is 24.6 Å². The third kappa shape index (κ3) is 3.95. The van der Waals surface area contributed by atoms with Crippen molar-refractivity contribution in [3.63, 3.8) is 0 Å². The van der Waals surface area contributed by atoms with Crippen LogP contribution in [0.4, 0.5) is 11.5 Å². The highest BCUT2D eigenvalue weighted by Gasteiger charge is 2.24. The molecule has 0 bridgehead atoms. The second kappa shape index (κ2) is 7.72. The molecule has 1 saturated heterocycles. The Labute approximate surface area is 155 Å². The number of hydrogen-bond donors (Lipinski definition) is 1. The minimum absolute atomic E-state index is 0.0470. The normalized spacial score (nSPS) is 14.7. The van der Waals surface area contributed by atoms with Gasteiger partial charge < -0.3 is 15.1 Å². The number of piperazine rings is 1. The van der Waals surface area contributed by atoms with Crippen LogP contribution in [0.2, 0.25) is 0 Å². The number of carbonyl (C=O) groups excluding carboxylic acids is 1. The highest BCUT2D eigenvalue weighted by Crippen LogP contribution is 2.24. The summed E-state index contributed by atoms with van der Waals surface area (Å²) in [7, 11) is 0. The van der Waals surface area contributed by atoms with Crippen molar-refractivity contribution < 1.29 is 4.79 Å². The zero-order chi connectivity index (χ0) is 18.7. The Balaban J connectivity index is 1.62. The van der Waals surface area contributed by atoms with Crippen LogP contribution in [0.25, 0.3) is 0 Å². The Kier molecular flexibility index (Phi) is 5.40. The van der Waals surface area contributed by atoms with Gasteiger partial charge in [-0.15, -0.1) is 0 Å². The van der Waals surface area contributed by atoms with Gasteiger partial charge in [0.05, 0.1) is 12.4 Å². The summed E-state index contributed by atoms with van der Waals surface area (Å²) in [5.41, 5.74) is 4.28. The molecular formula is C20H27N5O. The first-order valence-electron chi connectivity index (χ1n) is 9.14. The molecule has 0 saturated carbocycles. The third-order valence-electron chi connectivity index (χ3n) is 4.79. The molecule has 1 aliphatic heterocycles. The predicted molar refractivity (Wildman–Crippen MR) is 105 cm³/mol. The lowest BCUT2D eigenvalue weighted by Crippen LogP contribution is -2.49. The van der Waals surface area contributed by atoms with E-state index in [2.05, 4.69) is 52.2 Å². The second-order valence-electron chi connectivity index (χ2n) is 7.08. The van der Waals surface area contributed by atoms with Crippen LogP contribution < -0.4 is 10.2 Å². The summed E-state index contributed by atoms with van der Waals surface area (Å²) in [5.74, 6) is 0.644. The summed E-state index contributed by atoms with van der Waals surface area (Å²) >= 11 is 0. The minimum Gasteiger partial charge on any atom is -0.368 e. The smallest absolute Gasteiger partial charge is 0.274 e. The number of nitrogens with zero attached hydrogens (tertiary/aromatic N) is 4. The molecule has 1 N–H and O–H groups in total. The van der Waals surface area contributed by atoms with E-state index in [9.17, 15) is 4.79 Å². The van der Waals surface area contributed by atoms with Gasteiger partial charge in [-0.1, -0.05) is 12.1 Å². The van der Waals surface area contributed by atoms with E-state index in [-0.39, 0.29) is 11.9 Å². The average molecular weight is 353 g/mol. The van der Waals surface area contributed by atoms with Crippen molar-refractivity contribution in [3.05, 3.63) is 47.4 Å². The Morgan fingerprint density at radius 1 is 1.08 bits per heavy atom. The summed E-state index contributed by atoms with van der Waals surface area (Å²) < 4.78 is 0. The molecule has 0 atom stereocenters. The maximum absolute atomic E-state index is 12.7. The van der Waals surface area contributed by atoms with Gasteiger partial charge in [0.2, 0.25) is 0 Å². The largest absolute Gasteiger partial charge is 0.368 e. The number of rotatable bonds is 4. The van der Waals surface area contributed by atoms with Gasteiger partial charge in [0.25, 0.3) is 5.91 Å². The van der Waals surface area contributed by atoms with Crippen molar-refractivity contribution in [2.75, 3.05) is 36.4 Å². The predicted octanol–water partition coefficient (Wildman–Crippen LogP) is 2.88. The number of benzene rings is 1. The Hall–Kier alpha value is -2.63. The molecule has 26 heavy (non-hydrogen) atoms. The standard InChI is InChI=1S/C20H27N5O/c1-14(2)23-19-13-21-17(12-22-19)20(26)25-10-8-24(9-11-25)18-7-5-6-15(3)16(18)4/h5-7,12-14H,8-11H2,1-4H3,(H,22,23). The quantitative estimate of drug-likeness (QED) is 0.916. The first-order chi connectivity index (χ1) is 12.5. The fraction of sp³-hybridized carbons (Fsp3) is 0.450. The molecule has 1 aliphatic rings. The molecule has 138 valence electrons. The molecule has 0 unspecified atom stereocenters. The van der Waals surface area contributed by atoms with Crippen LogP contribution in [0.1, 0.15) is 35.5 Å². The topological polar surface area (TPSA) is 61.4 Å². The molecule has 2 aromatic rings. The Bertz CT molecular complexity index is 764. The van der Waals surface area contributed by atoms with Gasteiger partial charge in [-0.05, 0) is 44.9 Å². The molecule has 6 nitrogen and oxygen atoms in total. The number of anilines is 2. The third-order valence-corrected chi connectivity index (χ3v) is 4.79. The van der Waals surface area contributed by atoms with Crippen molar-refractivity contribution in [2.24, 2.45) is 0 Å². The van der Waals surface area contributed by atoms with E-state index in [1.165, 1.54) is 16.8 Å². The Morgan fingerprint density at radius 2 is 1.81 bits per heavy atom. The van der Waals surface area contributed by atoms with Crippen LogP contribution in [0, 0.1) is 13.8 Å². The molecule has 1 fully saturated rings.